The van der Waals surface area contributed by atoms with Gasteiger partial charge in [-0.1, -0.05) is 11.6 Å². The van der Waals surface area contributed by atoms with Crippen molar-refractivity contribution in [2.45, 2.75) is 0 Å². The maximum absolute atomic E-state index is 5.74. The van der Waals surface area contributed by atoms with E-state index in [9.17, 15) is 0 Å². The van der Waals surface area contributed by atoms with E-state index >= 15 is 0 Å². The second kappa shape index (κ2) is 3.81. The Balaban J connectivity index is 2.29. The minimum Gasteiger partial charge on any atom is -0.393 e. The van der Waals surface area contributed by atoms with Gasteiger partial charge in [0.2, 0.25) is 0 Å². The maximum Gasteiger partial charge on any atom is 0.158 e. The van der Waals surface area contributed by atoms with Crippen LogP contribution in [0.2, 0.25) is 5.15 Å². The van der Waals surface area contributed by atoms with Crippen LogP contribution in [-0.4, -0.2) is 9.97 Å². The van der Waals surface area contributed by atoms with Crippen molar-refractivity contribution < 1.29 is 0 Å². The van der Waals surface area contributed by atoms with Gasteiger partial charge in [-0.05, 0) is 11.4 Å². The summed E-state index contributed by atoms with van der Waals surface area (Å²) in [6, 6.07) is 1.93. The van der Waals surface area contributed by atoms with Crippen LogP contribution in [0.15, 0.2) is 23.2 Å². The zero-order valence-corrected chi connectivity index (χ0v) is 8.64. The van der Waals surface area contributed by atoms with Gasteiger partial charge in [0.05, 0.1) is 5.69 Å². The predicted molar refractivity (Wildman–Crippen MR) is 59.1 cm³/mol. The Labute approximate surface area is 89.8 Å². The Morgan fingerprint density at radius 2 is 2.29 bits per heavy atom. The molecule has 72 valence electrons. The molecule has 0 aromatic carbocycles. The highest BCUT2D eigenvalue weighted by atomic mass is 35.5. The average molecular weight is 227 g/mol. The highest BCUT2D eigenvalue weighted by molar-refractivity contribution is 7.08. The summed E-state index contributed by atoms with van der Waals surface area (Å²) < 4.78 is 0. The zero-order valence-electron chi connectivity index (χ0n) is 7.07. The van der Waals surface area contributed by atoms with E-state index < -0.39 is 0 Å². The smallest absolute Gasteiger partial charge is 0.158 e. The number of rotatable bonds is 2. The summed E-state index contributed by atoms with van der Waals surface area (Å²) in [5.41, 5.74) is 6.99. The molecule has 0 bridgehead atoms. The fourth-order valence-electron chi connectivity index (χ4n) is 0.946. The first kappa shape index (κ1) is 9.23. The summed E-state index contributed by atoms with van der Waals surface area (Å²) in [6.45, 7) is 0. The molecule has 3 N–H and O–H groups in total. The van der Waals surface area contributed by atoms with Crippen molar-refractivity contribution in [2.75, 3.05) is 11.1 Å². The monoisotopic (exact) mass is 226 g/mol. The lowest BCUT2D eigenvalue weighted by atomic mass is 10.4. The fraction of sp³-hybridized carbons (Fsp3) is 0. The third-order valence-electron chi connectivity index (χ3n) is 1.62. The minimum absolute atomic E-state index is 0.262. The van der Waals surface area contributed by atoms with Crippen LogP contribution in [0.3, 0.4) is 0 Å². The summed E-state index contributed by atoms with van der Waals surface area (Å²) in [5, 5.41) is 7.22. The quantitative estimate of drug-likeness (QED) is 0.773. The summed E-state index contributed by atoms with van der Waals surface area (Å²) in [5.74, 6) is 0.531. The number of hydrogen-bond acceptors (Lipinski definition) is 5. The van der Waals surface area contributed by atoms with Gasteiger partial charge in [-0.3, -0.25) is 0 Å². The van der Waals surface area contributed by atoms with Gasteiger partial charge in [-0.25, -0.2) is 9.97 Å². The maximum atomic E-state index is 5.74. The van der Waals surface area contributed by atoms with E-state index in [0.29, 0.717) is 11.5 Å². The Kier molecular flexibility index (Phi) is 2.51. The fourth-order valence-corrected chi connectivity index (χ4v) is 1.67. The van der Waals surface area contributed by atoms with E-state index in [-0.39, 0.29) is 5.15 Å². The lowest BCUT2D eigenvalue weighted by Gasteiger charge is -2.05. The largest absolute Gasteiger partial charge is 0.393 e. The topological polar surface area (TPSA) is 63.8 Å². The van der Waals surface area contributed by atoms with E-state index in [1.54, 1.807) is 11.3 Å². The van der Waals surface area contributed by atoms with Crippen molar-refractivity contribution in [2.24, 2.45) is 0 Å². The van der Waals surface area contributed by atoms with Gasteiger partial charge in [-0.2, -0.15) is 11.3 Å². The molecule has 6 heteroatoms. The Morgan fingerprint density at radius 3 is 3.00 bits per heavy atom. The van der Waals surface area contributed by atoms with Crippen LogP contribution in [0.4, 0.5) is 17.2 Å². The van der Waals surface area contributed by atoms with Gasteiger partial charge >= 0.3 is 0 Å². The molecule has 0 aliphatic heterocycles. The molecule has 0 aliphatic carbocycles. The van der Waals surface area contributed by atoms with Gasteiger partial charge in [-0.15, -0.1) is 0 Å². The van der Waals surface area contributed by atoms with Crippen molar-refractivity contribution in [3.63, 3.8) is 0 Å². The Hall–Kier alpha value is -1.33. The molecule has 0 amide bonds. The van der Waals surface area contributed by atoms with Crippen LogP contribution in [0, 0.1) is 0 Å². The van der Waals surface area contributed by atoms with Gasteiger partial charge in [0.15, 0.2) is 11.0 Å². The number of anilines is 3. The molecule has 0 atom stereocenters. The van der Waals surface area contributed by atoms with E-state index in [1.807, 2.05) is 16.8 Å². The van der Waals surface area contributed by atoms with Crippen LogP contribution in [-0.2, 0) is 0 Å². The van der Waals surface area contributed by atoms with E-state index in [1.165, 1.54) is 6.33 Å². The number of nitrogens with zero attached hydrogens (tertiary/aromatic N) is 2. The van der Waals surface area contributed by atoms with Crippen LogP contribution < -0.4 is 11.1 Å². The third kappa shape index (κ3) is 1.78. The molecule has 0 unspecified atom stereocenters. The predicted octanol–water partition coefficient (Wildman–Crippen LogP) is 2.52. The highest BCUT2D eigenvalue weighted by Gasteiger charge is 2.05. The molecule has 0 fully saturated rings. The molecule has 2 rings (SSSR count). The van der Waals surface area contributed by atoms with Crippen molar-refractivity contribution in [3.05, 3.63) is 28.3 Å². The summed E-state index contributed by atoms with van der Waals surface area (Å²) in [6.07, 6.45) is 1.37. The van der Waals surface area contributed by atoms with Crippen molar-refractivity contribution in [1.82, 2.24) is 9.97 Å². The number of nitrogens with two attached hydrogens (primary N) is 1. The zero-order chi connectivity index (χ0) is 9.97. The van der Waals surface area contributed by atoms with Gasteiger partial charge in [0, 0.05) is 5.38 Å². The van der Waals surface area contributed by atoms with Crippen LogP contribution >= 0.6 is 22.9 Å². The van der Waals surface area contributed by atoms with Crippen LogP contribution in [0.5, 0.6) is 0 Å². The average Bonchev–Trinajstić information content (AvgIpc) is 2.66. The van der Waals surface area contributed by atoms with Gasteiger partial charge in [0.25, 0.3) is 0 Å². The molecule has 0 spiro atoms. The molecule has 2 aromatic heterocycles. The molecule has 4 nitrogen and oxygen atoms in total. The standard InChI is InChI=1S/C8H7ClN4S/c9-7-6(10)8(12-4-11-7)13-5-1-2-14-3-5/h1-4H,10H2,(H,11,12,13). The number of thiophene rings is 1. The van der Waals surface area contributed by atoms with Crippen molar-refractivity contribution in [1.29, 1.82) is 0 Å². The number of aromatic nitrogens is 2. The van der Waals surface area contributed by atoms with E-state index in [2.05, 4.69) is 15.3 Å². The van der Waals surface area contributed by atoms with Crippen LogP contribution in [0.25, 0.3) is 0 Å². The second-order valence-corrected chi connectivity index (χ2v) is 3.70. The first-order valence-corrected chi connectivity index (χ1v) is 5.14. The molecule has 14 heavy (non-hydrogen) atoms. The minimum atomic E-state index is 0.262. The lowest BCUT2D eigenvalue weighted by Crippen LogP contribution is -2.00. The molecule has 2 heterocycles. The molecule has 0 saturated carbocycles. The van der Waals surface area contributed by atoms with E-state index in [4.69, 9.17) is 17.3 Å². The SMILES string of the molecule is Nc1c(Cl)ncnc1Nc1ccsc1. The summed E-state index contributed by atoms with van der Waals surface area (Å²) in [4.78, 5) is 7.75. The molecule has 0 aliphatic rings. The number of nitrogens with one attached hydrogen (secondary N) is 1. The normalized spacial score (nSPS) is 10.1. The number of halogens is 1. The Bertz CT molecular complexity index is 429. The number of nitrogen functional groups attached to an aromatic ring is 1. The Morgan fingerprint density at radius 1 is 1.43 bits per heavy atom. The second-order valence-electron chi connectivity index (χ2n) is 2.56. The third-order valence-corrected chi connectivity index (χ3v) is 2.60. The lowest BCUT2D eigenvalue weighted by molar-refractivity contribution is 1.17. The molecule has 0 radical (unpaired) electrons. The van der Waals surface area contributed by atoms with E-state index in [0.717, 1.165) is 5.69 Å². The van der Waals surface area contributed by atoms with Crippen molar-refractivity contribution in [3.8, 4) is 0 Å². The summed E-state index contributed by atoms with van der Waals surface area (Å²) in [7, 11) is 0. The number of hydrogen-bond donors (Lipinski definition) is 2. The molecule has 0 saturated heterocycles. The molecular formula is C8H7ClN4S. The highest BCUT2D eigenvalue weighted by Crippen LogP contribution is 2.25. The molecular weight excluding hydrogens is 220 g/mol. The first-order valence-electron chi connectivity index (χ1n) is 3.82. The van der Waals surface area contributed by atoms with Gasteiger partial charge in [0.1, 0.15) is 12.0 Å². The molecule has 2 aromatic rings. The van der Waals surface area contributed by atoms with Gasteiger partial charge < -0.3 is 11.1 Å². The van der Waals surface area contributed by atoms with Crippen LogP contribution in [0.1, 0.15) is 0 Å². The van der Waals surface area contributed by atoms with Crippen molar-refractivity contribution >= 4 is 40.1 Å². The first-order chi connectivity index (χ1) is 6.77. The summed E-state index contributed by atoms with van der Waals surface area (Å²) >= 11 is 7.33.